The van der Waals surface area contributed by atoms with Gasteiger partial charge in [0.15, 0.2) is 0 Å². The molecule has 1 aromatic carbocycles. The molecule has 0 radical (unpaired) electrons. The maximum Gasteiger partial charge on any atom is 0.224 e. The van der Waals surface area contributed by atoms with Gasteiger partial charge in [-0.2, -0.15) is 0 Å². The number of rotatable bonds is 5. The van der Waals surface area contributed by atoms with Crippen LogP contribution in [-0.2, 0) is 17.8 Å². The standard InChI is InChI=1S/C17H26N2O/c1-3-13-8-9-16(12(13)2)19-17(20)10-14-6-4-5-7-15(14)11-18/h4-7,12-13,16H,3,8-11,18H2,1-2H3,(H,19,20). The van der Waals surface area contributed by atoms with Gasteiger partial charge in [0.05, 0.1) is 6.42 Å². The Morgan fingerprint density at radius 3 is 2.60 bits per heavy atom. The van der Waals surface area contributed by atoms with Gasteiger partial charge in [0.1, 0.15) is 0 Å². The molecule has 3 atom stereocenters. The molecule has 0 aliphatic heterocycles. The van der Waals surface area contributed by atoms with Gasteiger partial charge in [-0.25, -0.2) is 0 Å². The molecular weight excluding hydrogens is 248 g/mol. The number of benzene rings is 1. The fraction of sp³-hybridized carbons (Fsp3) is 0.588. The van der Waals surface area contributed by atoms with E-state index in [1.165, 1.54) is 12.8 Å². The summed E-state index contributed by atoms with van der Waals surface area (Å²) in [6, 6.07) is 8.27. The average Bonchev–Trinajstić information content (AvgIpc) is 2.80. The highest BCUT2D eigenvalue weighted by molar-refractivity contribution is 5.79. The highest BCUT2D eigenvalue weighted by Gasteiger charge is 2.32. The van der Waals surface area contributed by atoms with Gasteiger partial charge in [-0.15, -0.1) is 0 Å². The Balaban J connectivity index is 1.93. The third kappa shape index (κ3) is 3.40. The lowest BCUT2D eigenvalue weighted by Crippen LogP contribution is -2.38. The van der Waals surface area contributed by atoms with Gasteiger partial charge < -0.3 is 11.1 Å². The average molecular weight is 274 g/mol. The van der Waals surface area contributed by atoms with Crippen LogP contribution in [0.25, 0.3) is 0 Å². The van der Waals surface area contributed by atoms with E-state index < -0.39 is 0 Å². The van der Waals surface area contributed by atoms with Crippen molar-refractivity contribution in [3.8, 4) is 0 Å². The number of hydrogen-bond acceptors (Lipinski definition) is 2. The third-order valence-corrected chi connectivity index (χ3v) is 4.79. The van der Waals surface area contributed by atoms with Crippen molar-refractivity contribution in [3.63, 3.8) is 0 Å². The fourth-order valence-corrected chi connectivity index (χ4v) is 3.39. The molecule has 3 heteroatoms. The molecule has 3 unspecified atom stereocenters. The van der Waals surface area contributed by atoms with Crippen molar-refractivity contribution in [1.82, 2.24) is 5.32 Å². The minimum absolute atomic E-state index is 0.125. The molecule has 1 amide bonds. The SMILES string of the molecule is CCC1CCC(NC(=O)Cc2ccccc2CN)C1C. The number of nitrogens with two attached hydrogens (primary N) is 1. The van der Waals surface area contributed by atoms with Crippen molar-refractivity contribution in [3.05, 3.63) is 35.4 Å². The van der Waals surface area contributed by atoms with E-state index in [1.54, 1.807) is 0 Å². The second kappa shape index (κ2) is 6.89. The summed E-state index contributed by atoms with van der Waals surface area (Å²) in [6.45, 7) is 4.99. The van der Waals surface area contributed by atoms with Crippen LogP contribution in [0, 0.1) is 11.8 Å². The lowest BCUT2D eigenvalue weighted by molar-refractivity contribution is -0.121. The first kappa shape index (κ1) is 15.0. The Hall–Kier alpha value is -1.35. The zero-order valence-corrected chi connectivity index (χ0v) is 12.6. The van der Waals surface area contributed by atoms with Crippen molar-refractivity contribution in [1.29, 1.82) is 0 Å². The van der Waals surface area contributed by atoms with E-state index in [9.17, 15) is 4.79 Å². The summed E-state index contributed by atoms with van der Waals surface area (Å²) in [5, 5.41) is 3.21. The maximum atomic E-state index is 12.2. The molecule has 2 rings (SSSR count). The summed E-state index contributed by atoms with van der Waals surface area (Å²) in [5.74, 6) is 1.48. The van der Waals surface area contributed by atoms with Crippen LogP contribution in [0.1, 0.15) is 44.2 Å². The molecule has 20 heavy (non-hydrogen) atoms. The summed E-state index contributed by atoms with van der Waals surface area (Å²) in [7, 11) is 0. The van der Waals surface area contributed by atoms with Gasteiger partial charge in [0, 0.05) is 12.6 Å². The number of hydrogen-bond donors (Lipinski definition) is 2. The minimum Gasteiger partial charge on any atom is -0.353 e. The molecule has 1 aromatic rings. The van der Waals surface area contributed by atoms with Crippen LogP contribution in [-0.4, -0.2) is 11.9 Å². The Morgan fingerprint density at radius 1 is 1.30 bits per heavy atom. The Morgan fingerprint density at radius 2 is 2.00 bits per heavy atom. The van der Waals surface area contributed by atoms with Gasteiger partial charge in [0.2, 0.25) is 5.91 Å². The topological polar surface area (TPSA) is 55.1 Å². The molecule has 3 N–H and O–H groups in total. The summed E-state index contributed by atoms with van der Waals surface area (Å²) < 4.78 is 0. The highest BCUT2D eigenvalue weighted by atomic mass is 16.1. The fourth-order valence-electron chi connectivity index (χ4n) is 3.39. The van der Waals surface area contributed by atoms with Crippen LogP contribution in [0.4, 0.5) is 0 Å². The first-order valence-corrected chi connectivity index (χ1v) is 7.71. The lowest BCUT2D eigenvalue weighted by atomic mass is 9.93. The first-order chi connectivity index (χ1) is 9.65. The molecule has 110 valence electrons. The van der Waals surface area contributed by atoms with Crippen molar-refractivity contribution >= 4 is 5.91 Å². The number of carbonyl (C=O) groups excluding carboxylic acids is 1. The highest BCUT2D eigenvalue weighted by Crippen LogP contribution is 2.33. The molecule has 1 aliphatic carbocycles. The van der Waals surface area contributed by atoms with Gasteiger partial charge in [-0.05, 0) is 35.8 Å². The van der Waals surface area contributed by atoms with Crippen LogP contribution in [0.15, 0.2) is 24.3 Å². The number of carbonyl (C=O) groups is 1. The normalized spacial score (nSPS) is 25.6. The van der Waals surface area contributed by atoms with Crippen LogP contribution >= 0.6 is 0 Å². The predicted octanol–water partition coefficient (Wildman–Crippen LogP) is 2.63. The summed E-state index contributed by atoms with van der Waals surface area (Å²) in [6.07, 6.45) is 4.00. The second-order valence-corrected chi connectivity index (χ2v) is 5.93. The van der Waals surface area contributed by atoms with Crippen molar-refractivity contribution in [2.24, 2.45) is 17.6 Å². The van der Waals surface area contributed by atoms with Gasteiger partial charge >= 0.3 is 0 Å². The first-order valence-electron chi connectivity index (χ1n) is 7.71. The Kier molecular flexibility index (Phi) is 5.18. The summed E-state index contributed by atoms with van der Waals surface area (Å²) in [5.41, 5.74) is 7.83. The molecule has 0 aromatic heterocycles. The summed E-state index contributed by atoms with van der Waals surface area (Å²) >= 11 is 0. The molecule has 1 saturated carbocycles. The zero-order chi connectivity index (χ0) is 14.5. The van der Waals surface area contributed by atoms with E-state index in [-0.39, 0.29) is 5.91 Å². The Labute approximate surface area is 121 Å². The van der Waals surface area contributed by atoms with E-state index in [0.29, 0.717) is 24.9 Å². The second-order valence-electron chi connectivity index (χ2n) is 5.93. The molecule has 1 aliphatic rings. The maximum absolute atomic E-state index is 12.2. The van der Waals surface area contributed by atoms with Gasteiger partial charge in [-0.1, -0.05) is 44.5 Å². The Bertz CT molecular complexity index is 458. The van der Waals surface area contributed by atoms with Crippen molar-refractivity contribution in [2.75, 3.05) is 0 Å². The van der Waals surface area contributed by atoms with E-state index >= 15 is 0 Å². The van der Waals surface area contributed by atoms with Crippen molar-refractivity contribution in [2.45, 2.75) is 52.1 Å². The van der Waals surface area contributed by atoms with Crippen LogP contribution < -0.4 is 11.1 Å². The third-order valence-electron chi connectivity index (χ3n) is 4.79. The zero-order valence-electron chi connectivity index (χ0n) is 12.6. The summed E-state index contributed by atoms with van der Waals surface area (Å²) in [4.78, 5) is 12.2. The largest absolute Gasteiger partial charge is 0.353 e. The molecule has 1 fully saturated rings. The molecular formula is C17H26N2O. The number of nitrogens with one attached hydrogen (secondary N) is 1. The van der Waals surface area contributed by atoms with E-state index in [2.05, 4.69) is 19.2 Å². The molecule has 0 saturated heterocycles. The quantitative estimate of drug-likeness (QED) is 0.867. The number of amides is 1. The monoisotopic (exact) mass is 274 g/mol. The molecule has 0 spiro atoms. The molecule has 3 nitrogen and oxygen atoms in total. The van der Waals surface area contributed by atoms with E-state index in [1.807, 2.05) is 24.3 Å². The van der Waals surface area contributed by atoms with Crippen molar-refractivity contribution < 1.29 is 4.79 Å². The predicted molar refractivity (Wildman–Crippen MR) is 82.1 cm³/mol. The lowest BCUT2D eigenvalue weighted by Gasteiger charge is -2.21. The van der Waals surface area contributed by atoms with Gasteiger partial charge in [0.25, 0.3) is 0 Å². The van der Waals surface area contributed by atoms with Crippen LogP contribution in [0.2, 0.25) is 0 Å². The van der Waals surface area contributed by atoms with E-state index in [4.69, 9.17) is 5.73 Å². The molecule has 0 bridgehead atoms. The smallest absolute Gasteiger partial charge is 0.224 e. The van der Waals surface area contributed by atoms with Crippen LogP contribution in [0.5, 0.6) is 0 Å². The van der Waals surface area contributed by atoms with E-state index in [0.717, 1.165) is 23.5 Å². The molecule has 0 heterocycles. The van der Waals surface area contributed by atoms with Gasteiger partial charge in [-0.3, -0.25) is 4.79 Å². The minimum atomic E-state index is 0.125. The van der Waals surface area contributed by atoms with Crippen LogP contribution in [0.3, 0.4) is 0 Å².